The number of amides is 1. The molecule has 0 aliphatic rings. The fourth-order valence-corrected chi connectivity index (χ4v) is 2.30. The molecule has 0 saturated carbocycles. The normalized spacial score (nSPS) is 10.1. The molecule has 1 heterocycles. The summed E-state index contributed by atoms with van der Waals surface area (Å²) in [5.41, 5.74) is 0.787. The van der Waals surface area contributed by atoms with Crippen LogP contribution in [0.1, 0.15) is 0 Å². The zero-order valence-electron chi connectivity index (χ0n) is 9.47. The predicted octanol–water partition coefficient (Wildman–Crippen LogP) is 3.47. The van der Waals surface area contributed by atoms with E-state index in [9.17, 15) is 4.79 Å². The lowest BCUT2D eigenvalue weighted by Gasteiger charge is -2.05. The van der Waals surface area contributed by atoms with Gasteiger partial charge in [0, 0.05) is 11.9 Å². The van der Waals surface area contributed by atoms with Crippen LogP contribution in [0.4, 0.5) is 5.69 Å². The van der Waals surface area contributed by atoms with Gasteiger partial charge in [-0.2, -0.15) is 0 Å². The van der Waals surface area contributed by atoms with Crippen LogP contribution in [0.2, 0.25) is 5.02 Å². The molecule has 3 nitrogen and oxygen atoms in total. The zero-order chi connectivity index (χ0) is 12.8. The number of hydrogen-bond donors (Lipinski definition) is 1. The Kier molecular flexibility index (Phi) is 4.61. The van der Waals surface area contributed by atoms with E-state index in [2.05, 4.69) is 10.3 Å². The Morgan fingerprint density at radius 1 is 1.22 bits per heavy atom. The van der Waals surface area contributed by atoms with Crippen molar-refractivity contribution in [1.82, 2.24) is 4.98 Å². The molecule has 1 aromatic carbocycles. The van der Waals surface area contributed by atoms with Crippen LogP contribution in [0.3, 0.4) is 0 Å². The number of nitrogens with one attached hydrogen (secondary N) is 1. The van der Waals surface area contributed by atoms with Crippen molar-refractivity contribution in [1.29, 1.82) is 0 Å². The van der Waals surface area contributed by atoms with E-state index in [-0.39, 0.29) is 11.7 Å². The Balaban J connectivity index is 1.88. The monoisotopic (exact) mass is 278 g/mol. The third-order valence-electron chi connectivity index (χ3n) is 2.12. The number of para-hydroxylation sites is 1. The first kappa shape index (κ1) is 12.9. The number of carbonyl (C=O) groups is 1. The average molecular weight is 279 g/mol. The Bertz CT molecular complexity index is 534. The van der Waals surface area contributed by atoms with Crippen LogP contribution in [0.5, 0.6) is 0 Å². The number of pyridine rings is 1. The molecule has 0 atom stereocenters. The van der Waals surface area contributed by atoms with Crippen LogP contribution in [0, 0.1) is 0 Å². The second-order valence-corrected chi connectivity index (χ2v) is 4.86. The standard InChI is InChI=1S/C13H11ClN2OS/c14-11-7-4-8-15-13(11)18-9-12(17)16-10-5-2-1-3-6-10/h1-8H,9H2,(H,16,17). The highest BCUT2D eigenvalue weighted by Crippen LogP contribution is 2.23. The minimum Gasteiger partial charge on any atom is -0.325 e. The van der Waals surface area contributed by atoms with E-state index >= 15 is 0 Å². The summed E-state index contributed by atoms with van der Waals surface area (Å²) >= 11 is 7.27. The third-order valence-corrected chi connectivity index (χ3v) is 3.54. The number of anilines is 1. The summed E-state index contributed by atoms with van der Waals surface area (Å²) in [6.07, 6.45) is 1.66. The second kappa shape index (κ2) is 6.42. The number of aromatic nitrogens is 1. The predicted molar refractivity (Wildman–Crippen MR) is 75.0 cm³/mol. The minimum absolute atomic E-state index is 0.0760. The van der Waals surface area contributed by atoms with Crippen molar-refractivity contribution in [3.05, 3.63) is 53.7 Å². The van der Waals surface area contributed by atoms with E-state index < -0.39 is 0 Å². The molecular formula is C13H11ClN2OS. The smallest absolute Gasteiger partial charge is 0.234 e. The molecule has 0 aliphatic heterocycles. The summed E-state index contributed by atoms with van der Waals surface area (Å²) in [5.74, 6) is 0.207. The van der Waals surface area contributed by atoms with Crippen molar-refractivity contribution in [2.24, 2.45) is 0 Å². The van der Waals surface area contributed by atoms with Crippen LogP contribution in [-0.2, 0) is 4.79 Å². The minimum atomic E-state index is -0.0760. The highest BCUT2D eigenvalue weighted by atomic mass is 35.5. The van der Waals surface area contributed by atoms with Crippen LogP contribution < -0.4 is 5.32 Å². The summed E-state index contributed by atoms with van der Waals surface area (Å²) in [6.45, 7) is 0. The van der Waals surface area contributed by atoms with Crippen LogP contribution in [0.25, 0.3) is 0 Å². The Hall–Kier alpha value is -1.52. The molecule has 0 aliphatic carbocycles. The molecule has 0 radical (unpaired) electrons. The van der Waals surface area contributed by atoms with Crippen LogP contribution in [0.15, 0.2) is 53.7 Å². The van der Waals surface area contributed by atoms with E-state index in [0.717, 1.165) is 5.69 Å². The molecule has 1 N–H and O–H groups in total. The van der Waals surface area contributed by atoms with Gasteiger partial charge < -0.3 is 5.32 Å². The fourth-order valence-electron chi connectivity index (χ4n) is 1.33. The summed E-state index contributed by atoms with van der Waals surface area (Å²) in [5, 5.41) is 4.03. The molecule has 0 bridgehead atoms. The lowest BCUT2D eigenvalue weighted by Crippen LogP contribution is -2.13. The van der Waals surface area contributed by atoms with Gasteiger partial charge in [0.1, 0.15) is 5.03 Å². The summed E-state index contributed by atoms with van der Waals surface area (Å²) in [6, 6.07) is 12.9. The number of benzene rings is 1. The van der Waals surface area contributed by atoms with Crippen molar-refractivity contribution < 1.29 is 4.79 Å². The maximum absolute atomic E-state index is 11.7. The Labute approximate surface area is 115 Å². The van der Waals surface area contributed by atoms with Crippen molar-refractivity contribution in [2.75, 3.05) is 11.1 Å². The number of thioether (sulfide) groups is 1. The van der Waals surface area contributed by atoms with Crippen molar-refractivity contribution >= 4 is 35.0 Å². The van der Waals surface area contributed by atoms with Gasteiger partial charge in [0.2, 0.25) is 5.91 Å². The van der Waals surface area contributed by atoms with Gasteiger partial charge in [0.15, 0.2) is 0 Å². The van der Waals surface area contributed by atoms with E-state index in [1.54, 1.807) is 18.3 Å². The van der Waals surface area contributed by atoms with E-state index in [1.165, 1.54) is 11.8 Å². The van der Waals surface area contributed by atoms with Gasteiger partial charge in [-0.25, -0.2) is 4.98 Å². The van der Waals surface area contributed by atoms with Gasteiger partial charge in [-0.05, 0) is 24.3 Å². The van der Waals surface area contributed by atoms with Gasteiger partial charge in [0.05, 0.1) is 10.8 Å². The molecule has 0 unspecified atom stereocenters. The number of nitrogens with zero attached hydrogens (tertiary/aromatic N) is 1. The molecule has 0 fully saturated rings. The molecule has 1 amide bonds. The van der Waals surface area contributed by atoms with Crippen molar-refractivity contribution in [3.63, 3.8) is 0 Å². The fraction of sp³-hybridized carbons (Fsp3) is 0.0769. The lowest BCUT2D eigenvalue weighted by atomic mass is 10.3. The number of halogens is 1. The maximum Gasteiger partial charge on any atom is 0.234 e. The number of hydrogen-bond acceptors (Lipinski definition) is 3. The molecule has 2 rings (SSSR count). The zero-order valence-corrected chi connectivity index (χ0v) is 11.0. The third kappa shape index (κ3) is 3.75. The van der Waals surface area contributed by atoms with Gasteiger partial charge >= 0.3 is 0 Å². The van der Waals surface area contributed by atoms with E-state index in [1.807, 2.05) is 30.3 Å². The highest BCUT2D eigenvalue weighted by Gasteiger charge is 2.06. The molecule has 0 spiro atoms. The molecule has 18 heavy (non-hydrogen) atoms. The molecule has 92 valence electrons. The number of rotatable bonds is 4. The maximum atomic E-state index is 11.7. The summed E-state index contributed by atoms with van der Waals surface area (Å²) < 4.78 is 0. The largest absolute Gasteiger partial charge is 0.325 e. The van der Waals surface area contributed by atoms with Crippen molar-refractivity contribution in [3.8, 4) is 0 Å². The summed E-state index contributed by atoms with van der Waals surface area (Å²) in [4.78, 5) is 15.8. The Morgan fingerprint density at radius 3 is 2.72 bits per heavy atom. The number of carbonyl (C=O) groups excluding carboxylic acids is 1. The van der Waals surface area contributed by atoms with Gasteiger partial charge in [-0.15, -0.1) is 0 Å². The lowest BCUT2D eigenvalue weighted by molar-refractivity contribution is -0.113. The first-order valence-corrected chi connectivity index (χ1v) is 6.70. The topological polar surface area (TPSA) is 42.0 Å². The van der Waals surface area contributed by atoms with Gasteiger partial charge in [-0.3, -0.25) is 4.79 Å². The molecule has 0 saturated heterocycles. The van der Waals surface area contributed by atoms with Gasteiger partial charge in [-0.1, -0.05) is 41.6 Å². The van der Waals surface area contributed by atoms with E-state index in [4.69, 9.17) is 11.6 Å². The Morgan fingerprint density at radius 2 is 2.00 bits per heavy atom. The molecule has 1 aromatic heterocycles. The average Bonchev–Trinajstić information content (AvgIpc) is 2.39. The highest BCUT2D eigenvalue weighted by molar-refractivity contribution is 8.00. The first-order chi connectivity index (χ1) is 8.75. The van der Waals surface area contributed by atoms with Crippen molar-refractivity contribution in [2.45, 2.75) is 5.03 Å². The van der Waals surface area contributed by atoms with Gasteiger partial charge in [0.25, 0.3) is 0 Å². The second-order valence-electron chi connectivity index (χ2n) is 3.49. The summed E-state index contributed by atoms with van der Waals surface area (Å²) in [7, 11) is 0. The quantitative estimate of drug-likeness (QED) is 0.871. The molecule has 5 heteroatoms. The van der Waals surface area contributed by atoms with E-state index in [0.29, 0.717) is 10.0 Å². The first-order valence-electron chi connectivity index (χ1n) is 5.34. The molecular weight excluding hydrogens is 268 g/mol. The van der Waals surface area contributed by atoms with Crippen LogP contribution >= 0.6 is 23.4 Å². The SMILES string of the molecule is O=C(CSc1ncccc1Cl)Nc1ccccc1. The molecule has 2 aromatic rings. The van der Waals surface area contributed by atoms with Crippen LogP contribution in [-0.4, -0.2) is 16.6 Å².